The van der Waals surface area contributed by atoms with Crippen molar-refractivity contribution in [1.82, 2.24) is 0 Å². The van der Waals surface area contributed by atoms with Gasteiger partial charge in [-0.1, -0.05) is 24.3 Å². The second-order valence-corrected chi connectivity index (χ2v) is 4.13. The zero-order chi connectivity index (χ0) is 14.9. The molecular weight excluding hydrogens is 260 g/mol. The Bertz CT molecular complexity index is 649. The maximum absolute atomic E-state index is 11.2. The van der Waals surface area contributed by atoms with E-state index in [0.717, 1.165) is 0 Å². The number of primary amides is 2. The van der Waals surface area contributed by atoms with E-state index in [4.69, 9.17) is 11.5 Å². The van der Waals surface area contributed by atoms with Crippen molar-refractivity contribution < 1.29 is 19.8 Å². The Labute approximate surface area is 114 Å². The molecule has 6 N–H and O–H groups in total. The summed E-state index contributed by atoms with van der Waals surface area (Å²) >= 11 is 0. The molecule has 6 heteroatoms. The zero-order valence-electron chi connectivity index (χ0n) is 10.3. The summed E-state index contributed by atoms with van der Waals surface area (Å²) in [5.41, 5.74) is 10.5. The average molecular weight is 272 g/mol. The summed E-state index contributed by atoms with van der Waals surface area (Å²) in [5.74, 6) is -2.32. The van der Waals surface area contributed by atoms with Crippen LogP contribution in [0.25, 0.3) is 11.1 Å². The minimum absolute atomic E-state index is 0.0774. The van der Waals surface area contributed by atoms with E-state index >= 15 is 0 Å². The highest BCUT2D eigenvalue weighted by Gasteiger charge is 2.18. The van der Waals surface area contributed by atoms with Gasteiger partial charge in [0.1, 0.15) is 11.5 Å². The molecule has 0 atom stereocenters. The smallest absolute Gasteiger partial charge is 0.252 e. The number of nitrogens with two attached hydrogens (primary N) is 2. The number of benzene rings is 2. The molecule has 20 heavy (non-hydrogen) atoms. The summed E-state index contributed by atoms with van der Waals surface area (Å²) in [6.45, 7) is 0. The first-order chi connectivity index (χ1) is 9.43. The Morgan fingerprint density at radius 3 is 1.40 bits per heavy atom. The molecule has 0 aliphatic rings. The Hall–Kier alpha value is -3.02. The Morgan fingerprint density at radius 1 is 0.750 bits per heavy atom. The van der Waals surface area contributed by atoms with Gasteiger partial charge in [0.2, 0.25) is 0 Å². The summed E-state index contributed by atoms with van der Waals surface area (Å²) in [5, 5.41) is 20.1. The predicted octanol–water partition coefficient (Wildman–Crippen LogP) is 0.963. The van der Waals surface area contributed by atoms with E-state index in [-0.39, 0.29) is 33.8 Å². The second-order valence-electron chi connectivity index (χ2n) is 4.13. The molecule has 0 saturated heterocycles. The first kappa shape index (κ1) is 13.4. The second kappa shape index (κ2) is 4.93. The van der Waals surface area contributed by atoms with Gasteiger partial charge in [-0.15, -0.1) is 0 Å². The molecule has 2 aromatic rings. The van der Waals surface area contributed by atoms with Gasteiger partial charge in [0.15, 0.2) is 0 Å². The number of hydrogen-bond donors (Lipinski definition) is 4. The lowest BCUT2D eigenvalue weighted by Crippen LogP contribution is -2.12. The van der Waals surface area contributed by atoms with Crippen molar-refractivity contribution in [3.63, 3.8) is 0 Å². The van der Waals surface area contributed by atoms with Gasteiger partial charge in [0, 0.05) is 11.1 Å². The molecule has 102 valence electrons. The first-order valence-electron chi connectivity index (χ1n) is 5.67. The van der Waals surface area contributed by atoms with Gasteiger partial charge in [0.05, 0.1) is 11.1 Å². The van der Waals surface area contributed by atoms with E-state index < -0.39 is 11.8 Å². The molecule has 2 amide bonds. The van der Waals surface area contributed by atoms with E-state index in [9.17, 15) is 19.8 Å². The molecule has 0 aromatic heterocycles. The Kier molecular flexibility index (Phi) is 3.30. The molecule has 2 aromatic carbocycles. The molecule has 0 aliphatic heterocycles. The third kappa shape index (κ3) is 2.14. The molecule has 0 bridgehead atoms. The van der Waals surface area contributed by atoms with Crippen LogP contribution in [0.4, 0.5) is 0 Å². The molecule has 0 spiro atoms. The highest BCUT2D eigenvalue weighted by atomic mass is 16.3. The number of rotatable bonds is 3. The molecule has 0 radical (unpaired) electrons. The fourth-order valence-corrected chi connectivity index (χ4v) is 1.92. The van der Waals surface area contributed by atoms with E-state index in [0.29, 0.717) is 0 Å². The molecule has 0 heterocycles. The first-order valence-corrected chi connectivity index (χ1v) is 5.67. The van der Waals surface area contributed by atoms with Gasteiger partial charge < -0.3 is 21.7 Å². The van der Waals surface area contributed by atoms with Gasteiger partial charge in [0.25, 0.3) is 11.8 Å². The summed E-state index contributed by atoms with van der Waals surface area (Å²) in [7, 11) is 0. The van der Waals surface area contributed by atoms with Crippen LogP contribution in [-0.4, -0.2) is 22.0 Å². The van der Waals surface area contributed by atoms with Crippen LogP contribution in [0.3, 0.4) is 0 Å². The maximum Gasteiger partial charge on any atom is 0.252 e. The van der Waals surface area contributed by atoms with Crippen LogP contribution < -0.4 is 11.5 Å². The summed E-state index contributed by atoms with van der Waals surface area (Å²) < 4.78 is 0. The third-order valence-electron chi connectivity index (χ3n) is 2.89. The van der Waals surface area contributed by atoms with Gasteiger partial charge in [-0.2, -0.15) is 0 Å². The number of carbonyl (C=O) groups excluding carboxylic acids is 2. The summed E-state index contributed by atoms with van der Waals surface area (Å²) in [6, 6.07) is 8.70. The Morgan fingerprint density at radius 2 is 1.10 bits per heavy atom. The van der Waals surface area contributed by atoms with Gasteiger partial charge in [-0.05, 0) is 12.1 Å². The van der Waals surface area contributed by atoms with E-state index in [1.165, 1.54) is 36.4 Å². The van der Waals surface area contributed by atoms with Crippen molar-refractivity contribution >= 4 is 11.8 Å². The van der Waals surface area contributed by atoms with Crippen LogP contribution in [0.15, 0.2) is 36.4 Å². The largest absolute Gasteiger partial charge is 0.506 e. The van der Waals surface area contributed by atoms with Crippen molar-refractivity contribution in [2.45, 2.75) is 0 Å². The van der Waals surface area contributed by atoms with Crippen LogP contribution in [-0.2, 0) is 0 Å². The topological polar surface area (TPSA) is 127 Å². The van der Waals surface area contributed by atoms with Gasteiger partial charge in [-0.25, -0.2) is 0 Å². The van der Waals surface area contributed by atoms with Crippen LogP contribution in [0.5, 0.6) is 11.5 Å². The number of phenols is 2. The fraction of sp³-hybridized carbons (Fsp3) is 0. The average Bonchev–Trinajstić information content (AvgIpc) is 2.39. The highest BCUT2D eigenvalue weighted by molar-refractivity contribution is 6.01. The Balaban J connectivity index is 2.70. The maximum atomic E-state index is 11.2. The molecule has 0 aliphatic carbocycles. The molecule has 0 unspecified atom stereocenters. The minimum Gasteiger partial charge on any atom is -0.506 e. The monoisotopic (exact) mass is 272 g/mol. The van der Waals surface area contributed by atoms with Gasteiger partial charge in [-0.3, -0.25) is 9.59 Å². The number of amides is 2. The van der Waals surface area contributed by atoms with Gasteiger partial charge >= 0.3 is 0 Å². The molecule has 6 nitrogen and oxygen atoms in total. The lowest BCUT2D eigenvalue weighted by molar-refractivity contribution is 0.0988. The van der Waals surface area contributed by atoms with Crippen LogP contribution in [0.1, 0.15) is 20.7 Å². The quantitative estimate of drug-likeness (QED) is 0.663. The number of aromatic hydroxyl groups is 2. The molecule has 0 fully saturated rings. The summed E-state index contributed by atoms with van der Waals surface area (Å²) in [4.78, 5) is 22.4. The number of hydrogen-bond acceptors (Lipinski definition) is 4. The van der Waals surface area contributed by atoms with Crippen LogP contribution in [0, 0.1) is 0 Å². The van der Waals surface area contributed by atoms with Crippen LogP contribution in [0.2, 0.25) is 0 Å². The van der Waals surface area contributed by atoms with Crippen molar-refractivity contribution in [3.05, 3.63) is 47.5 Å². The third-order valence-corrected chi connectivity index (χ3v) is 2.89. The molecule has 2 rings (SSSR count). The normalized spacial score (nSPS) is 10.2. The fourth-order valence-electron chi connectivity index (χ4n) is 1.92. The van der Waals surface area contributed by atoms with E-state index in [2.05, 4.69) is 0 Å². The minimum atomic E-state index is -0.796. The van der Waals surface area contributed by atoms with Crippen molar-refractivity contribution in [2.24, 2.45) is 11.5 Å². The predicted molar refractivity (Wildman–Crippen MR) is 72.2 cm³/mol. The lowest BCUT2D eigenvalue weighted by atomic mass is 9.98. The number of carbonyl (C=O) groups is 2. The van der Waals surface area contributed by atoms with E-state index in [1.807, 2.05) is 0 Å². The molecule has 0 saturated carbocycles. The molecular formula is C14H12N2O4. The highest BCUT2D eigenvalue weighted by Crippen LogP contribution is 2.38. The zero-order valence-corrected chi connectivity index (χ0v) is 10.3. The standard InChI is InChI=1S/C14H12N2O4/c15-13(19)9-5-1-3-7(11(9)17)8-4-2-6-10(12(8)18)14(16)20/h1-6,17-18H,(H2,15,19)(H2,16,20). The SMILES string of the molecule is NC(=O)c1cccc(-c2cccc(C(N)=O)c2O)c1O. The van der Waals surface area contributed by atoms with Crippen molar-refractivity contribution in [3.8, 4) is 22.6 Å². The number of para-hydroxylation sites is 2. The van der Waals surface area contributed by atoms with Crippen LogP contribution >= 0.6 is 0 Å². The van der Waals surface area contributed by atoms with E-state index in [1.54, 1.807) is 0 Å². The van der Waals surface area contributed by atoms with Crippen molar-refractivity contribution in [1.29, 1.82) is 0 Å². The van der Waals surface area contributed by atoms with Crippen molar-refractivity contribution in [2.75, 3.05) is 0 Å². The summed E-state index contributed by atoms with van der Waals surface area (Å²) in [6.07, 6.45) is 0. The lowest BCUT2D eigenvalue weighted by Gasteiger charge is -2.11.